The Morgan fingerprint density at radius 3 is 2.70 bits per heavy atom. The molecule has 0 saturated carbocycles. The molecule has 0 saturated heterocycles. The summed E-state index contributed by atoms with van der Waals surface area (Å²) in [6, 6.07) is 16.5. The number of nitrogens with one attached hydrogen (secondary N) is 1. The number of aromatic nitrogens is 2. The maximum Gasteiger partial charge on any atom is 0.343 e. The maximum atomic E-state index is 12.4. The minimum atomic E-state index is -0.490. The largest absolute Gasteiger partial charge is 0.482 e. The number of hydrogen-bond donors (Lipinski definition) is 1. The van der Waals surface area contributed by atoms with Gasteiger partial charge in [0.05, 0.1) is 25.5 Å². The van der Waals surface area contributed by atoms with Crippen LogP contribution >= 0.6 is 0 Å². The van der Waals surface area contributed by atoms with Gasteiger partial charge in [-0.1, -0.05) is 36.4 Å². The fourth-order valence-electron chi connectivity index (χ4n) is 2.42. The van der Waals surface area contributed by atoms with E-state index in [0.29, 0.717) is 23.5 Å². The molecule has 27 heavy (non-hydrogen) atoms. The zero-order chi connectivity index (χ0) is 19.1. The average Bonchev–Trinajstić information content (AvgIpc) is 3.13. The number of rotatable bonds is 7. The molecule has 0 atom stereocenters. The normalized spacial score (nSPS) is 10.3. The second-order valence-corrected chi connectivity index (χ2v) is 5.76. The van der Waals surface area contributed by atoms with Gasteiger partial charge >= 0.3 is 5.97 Å². The van der Waals surface area contributed by atoms with Gasteiger partial charge in [0.25, 0.3) is 5.91 Å². The highest BCUT2D eigenvalue weighted by atomic mass is 16.6. The Balaban J connectivity index is 1.61. The molecule has 0 unspecified atom stereocenters. The van der Waals surface area contributed by atoms with E-state index in [2.05, 4.69) is 15.2 Å². The first-order valence-corrected chi connectivity index (χ1v) is 8.31. The number of ether oxygens (including phenoxy) is 2. The monoisotopic (exact) mass is 365 g/mol. The molecule has 2 aromatic carbocycles. The highest BCUT2D eigenvalue weighted by Gasteiger charge is 2.10. The van der Waals surface area contributed by atoms with E-state index in [-0.39, 0.29) is 12.5 Å². The van der Waals surface area contributed by atoms with Crippen molar-refractivity contribution in [1.82, 2.24) is 9.78 Å². The van der Waals surface area contributed by atoms with Gasteiger partial charge in [0.15, 0.2) is 6.61 Å². The Bertz CT molecular complexity index is 922. The van der Waals surface area contributed by atoms with Crippen molar-refractivity contribution >= 4 is 17.6 Å². The summed E-state index contributed by atoms with van der Waals surface area (Å²) in [6.45, 7) is 0.404. The lowest BCUT2D eigenvalue weighted by molar-refractivity contribution is -0.142. The SMILES string of the molecule is COC(=O)COc1cccc(C(=O)Nc2cnn(Cc3ccccc3)c2)c1. The van der Waals surface area contributed by atoms with Gasteiger partial charge in [-0.2, -0.15) is 5.10 Å². The zero-order valence-electron chi connectivity index (χ0n) is 14.8. The summed E-state index contributed by atoms with van der Waals surface area (Å²) in [4.78, 5) is 23.6. The highest BCUT2D eigenvalue weighted by molar-refractivity contribution is 6.04. The number of esters is 1. The van der Waals surface area contributed by atoms with E-state index >= 15 is 0 Å². The predicted octanol–water partition coefficient (Wildman–Crippen LogP) is 2.74. The Labute approximate surface area is 156 Å². The van der Waals surface area contributed by atoms with E-state index < -0.39 is 5.97 Å². The maximum absolute atomic E-state index is 12.4. The summed E-state index contributed by atoms with van der Waals surface area (Å²) < 4.78 is 11.6. The first-order valence-electron chi connectivity index (χ1n) is 8.31. The number of anilines is 1. The van der Waals surface area contributed by atoms with Crippen molar-refractivity contribution in [2.75, 3.05) is 19.0 Å². The molecule has 138 valence electrons. The molecule has 1 heterocycles. The van der Waals surface area contributed by atoms with Crippen LogP contribution in [0.4, 0.5) is 5.69 Å². The topological polar surface area (TPSA) is 82.4 Å². The highest BCUT2D eigenvalue weighted by Crippen LogP contribution is 2.15. The van der Waals surface area contributed by atoms with Crippen LogP contribution in [0.25, 0.3) is 0 Å². The minimum Gasteiger partial charge on any atom is -0.482 e. The average molecular weight is 365 g/mol. The quantitative estimate of drug-likeness (QED) is 0.651. The lowest BCUT2D eigenvalue weighted by Gasteiger charge is -2.07. The number of methoxy groups -OCH3 is 1. The standard InChI is InChI=1S/C20H19N3O4/c1-26-19(24)14-27-18-9-5-8-16(10-18)20(25)22-17-11-21-23(13-17)12-15-6-3-2-4-7-15/h2-11,13H,12,14H2,1H3,(H,22,25). The second kappa shape index (κ2) is 8.66. The van der Waals surface area contributed by atoms with E-state index in [1.165, 1.54) is 7.11 Å². The summed E-state index contributed by atoms with van der Waals surface area (Å²) >= 11 is 0. The molecule has 0 aliphatic rings. The van der Waals surface area contributed by atoms with Gasteiger partial charge in [-0.3, -0.25) is 9.48 Å². The van der Waals surface area contributed by atoms with Crippen LogP contribution in [0.1, 0.15) is 15.9 Å². The summed E-state index contributed by atoms with van der Waals surface area (Å²) in [5.74, 6) is -0.374. The van der Waals surface area contributed by atoms with Gasteiger partial charge in [-0.15, -0.1) is 0 Å². The minimum absolute atomic E-state index is 0.214. The number of hydrogen-bond acceptors (Lipinski definition) is 5. The Hall–Kier alpha value is -3.61. The Morgan fingerprint density at radius 1 is 1.11 bits per heavy atom. The fraction of sp³-hybridized carbons (Fsp3) is 0.150. The third-order valence-corrected chi connectivity index (χ3v) is 3.76. The molecular weight excluding hydrogens is 346 g/mol. The molecule has 1 amide bonds. The van der Waals surface area contributed by atoms with E-state index in [1.54, 1.807) is 41.3 Å². The van der Waals surface area contributed by atoms with Gasteiger partial charge < -0.3 is 14.8 Å². The van der Waals surface area contributed by atoms with Crippen molar-refractivity contribution in [3.63, 3.8) is 0 Å². The summed E-state index contributed by atoms with van der Waals surface area (Å²) in [5, 5.41) is 7.06. The molecule has 0 fully saturated rings. The smallest absolute Gasteiger partial charge is 0.343 e. The van der Waals surface area contributed by atoms with Crippen LogP contribution < -0.4 is 10.1 Å². The Kier molecular flexibility index (Phi) is 5.84. The van der Waals surface area contributed by atoms with Crippen LogP contribution in [-0.2, 0) is 16.1 Å². The molecule has 1 aromatic heterocycles. The first-order chi connectivity index (χ1) is 13.1. The van der Waals surface area contributed by atoms with E-state index in [1.807, 2.05) is 30.3 Å². The van der Waals surface area contributed by atoms with Crippen LogP contribution in [-0.4, -0.2) is 35.4 Å². The number of nitrogens with zero attached hydrogens (tertiary/aromatic N) is 2. The third kappa shape index (κ3) is 5.18. The predicted molar refractivity (Wildman–Crippen MR) is 99.7 cm³/mol. The van der Waals surface area contributed by atoms with Crippen molar-refractivity contribution in [2.24, 2.45) is 0 Å². The molecule has 0 aliphatic heterocycles. The molecule has 7 heteroatoms. The molecular formula is C20H19N3O4. The van der Waals surface area contributed by atoms with Crippen LogP contribution in [0, 0.1) is 0 Å². The van der Waals surface area contributed by atoms with Gasteiger partial charge in [-0.25, -0.2) is 4.79 Å². The van der Waals surface area contributed by atoms with Crippen molar-refractivity contribution in [2.45, 2.75) is 6.54 Å². The molecule has 0 radical (unpaired) electrons. The number of carbonyl (C=O) groups excluding carboxylic acids is 2. The van der Waals surface area contributed by atoms with Crippen molar-refractivity contribution < 1.29 is 19.1 Å². The lowest BCUT2D eigenvalue weighted by Crippen LogP contribution is -2.14. The van der Waals surface area contributed by atoms with E-state index in [4.69, 9.17) is 4.74 Å². The van der Waals surface area contributed by atoms with Gasteiger partial charge in [0, 0.05) is 11.8 Å². The van der Waals surface area contributed by atoms with Crippen molar-refractivity contribution in [3.8, 4) is 5.75 Å². The summed E-state index contributed by atoms with van der Waals surface area (Å²) in [6.07, 6.45) is 3.36. The zero-order valence-corrected chi connectivity index (χ0v) is 14.8. The molecule has 0 bridgehead atoms. The van der Waals surface area contributed by atoms with Gasteiger partial charge in [0.2, 0.25) is 0 Å². The number of benzene rings is 2. The molecule has 3 rings (SSSR count). The van der Waals surface area contributed by atoms with Crippen molar-refractivity contribution in [3.05, 3.63) is 78.1 Å². The number of amides is 1. The summed E-state index contributed by atoms with van der Waals surface area (Å²) in [5.41, 5.74) is 2.12. The molecule has 1 N–H and O–H groups in total. The van der Waals surface area contributed by atoms with Crippen LogP contribution in [0.5, 0.6) is 5.75 Å². The molecule has 0 aliphatic carbocycles. The molecule has 0 spiro atoms. The van der Waals surface area contributed by atoms with Crippen LogP contribution in [0.2, 0.25) is 0 Å². The second-order valence-electron chi connectivity index (χ2n) is 5.76. The fourth-order valence-corrected chi connectivity index (χ4v) is 2.42. The number of carbonyl (C=O) groups is 2. The molecule has 7 nitrogen and oxygen atoms in total. The lowest BCUT2D eigenvalue weighted by atomic mass is 10.2. The summed E-state index contributed by atoms with van der Waals surface area (Å²) in [7, 11) is 1.29. The van der Waals surface area contributed by atoms with Gasteiger partial charge in [-0.05, 0) is 23.8 Å². The van der Waals surface area contributed by atoms with Crippen molar-refractivity contribution in [1.29, 1.82) is 0 Å². The van der Waals surface area contributed by atoms with E-state index in [9.17, 15) is 9.59 Å². The first kappa shape index (κ1) is 18.2. The van der Waals surface area contributed by atoms with Gasteiger partial charge in [0.1, 0.15) is 5.75 Å². The third-order valence-electron chi connectivity index (χ3n) is 3.76. The Morgan fingerprint density at radius 2 is 1.93 bits per heavy atom. The van der Waals surface area contributed by atoms with Crippen LogP contribution in [0.15, 0.2) is 67.0 Å². The van der Waals surface area contributed by atoms with E-state index in [0.717, 1.165) is 5.56 Å². The molecule has 3 aromatic rings. The van der Waals surface area contributed by atoms with Crippen LogP contribution in [0.3, 0.4) is 0 Å².